The maximum atomic E-state index is 12.5. The largest absolute Gasteiger partial charge is 0.451 e. The Morgan fingerprint density at radius 2 is 1.76 bits per heavy atom. The number of para-hydroxylation sites is 2. The van der Waals surface area contributed by atoms with E-state index in [2.05, 4.69) is 10.3 Å². The summed E-state index contributed by atoms with van der Waals surface area (Å²) in [6.07, 6.45) is 0.294. The lowest BCUT2D eigenvalue weighted by atomic mass is 10.0. The number of amides is 1. The van der Waals surface area contributed by atoms with E-state index in [0.717, 1.165) is 5.56 Å². The number of hydrogen-bond donors (Lipinski definition) is 1. The molecular weight excluding hydrogens is 370 g/mol. The molecular formula is C22H23N3O4. The Bertz CT molecular complexity index is 1100. The topological polar surface area (TPSA) is 90.3 Å². The van der Waals surface area contributed by atoms with Crippen LogP contribution in [0.1, 0.15) is 32.3 Å². The standard InChI is InChI=1S/C22H23N3O4/c1-14(2)16-8-4-7-11-19(16)24-21(27)15(3)29-20(26)12-25-13-23-18-10-6-5-9-17(18)22(25)28/h4-11,13-15H,12H2,1-3H3,(H,24,27)/t15-/m1/s1. The number of nitrogens with one attached hydrogen (secondary N) is 1. The second-order valence-electron chi connectivity index (χ2n) is 7.06. The Balaban J connectivity index is 1.66. The van der Waals surface area contributed by atoms with Crippen LogP contribution in [0.5, 0.6) is 0 Å². The zero-order valence-corrected chi connectivity index (χ0v) is 16.6. The number of ether oxygens (including phenoxy) is 1. The van der Waals surface area contributed by atoms with Crippen molar-refractivity contribution in [1.82, 2.24) is 9.55 Å². The summed E-state index contributed by atoms with van der Waals surface area (Å²) < 4.78 is 6.39. The molecule has 0 aliphatic rings. The molecule has 1 atom stereocenters. The summed E-state index contributed by atoms with van der Waals surface area (Å²) in [5.41, 5.74) is 1.90. The molecule has 1 amide bonds. The molecule has 0 bridgehead atoms. The van der Waals surface area contributed by atoms with Crippen molar-refractivity contribution >= 4 is 28.5 Å². The van der Waals surface area contributed by atoms with Crippen LogP contribution in [0.2, 0.25) is 0 Å². The van der Waals surface area contributed by atoms with Crippen molar-refractivity contribution in [1.29, 1.82) is 0 Å². The van der Waals surface area contributed by atoms with Crippen LogP contribution in [0.3, 0.4) is 0 Å². The lowest BCUT2D eigenvalue weighted by Gasteiger charge is -2.17. The number of hydrogen-bond acceptors (Lipinski definition) is 5. The van der Waals surface area contributed by atoms with Gasteiger partial charge in [-0.2, -0.15) is 0 Å². The van der Waals surface area contributed by atoms with E-state index in [1.807, 2.05) is 38.1 Å². The Kier molecular flexibility index (Phi) is 6.07. The predicted molar refractivity (Wildman–Crippen MR) is 111 cm³/mol. The van der Waals surface area contributed by atoms with Crippen molar-refractivity contribution in [2.75, 3.05) is 5.32 Å². The maximum absolute atomic E-state index is 12.5. The van der Waals surface area contributed by atoms with Crippen molar-refractivity contribution in [3.63, 3.8) is 0 Å². The first-order valence-corrected chi connectivity index (χ1v) is 9.40. The van der Waals surface area contributed by atoms with Crippen molar-refractivity contribution in [3.05, 3.63) is 70.8 Å². The van der Waals surface area contributed by atoms with Gasteiger partial charge in [0.1, 0.15) is 6.54 Å². The third-order valence-corrected chi connectivity index (χ3v) is 4.55. The summed E-state index contributed by atoms with van der Waals surface area (Å²) in [5.74, 6) is -0.893. The number of esters is 1. The van der Waals surface area contributed by atoms with E-state index < -0.39 is 18.0 Å². The summed E-state index contributed by atoms with van der Waals surface area (Å²) in [6, 6.07) is 14.4. The molecule has 0 aliphatic carbocycles. The maximum Gasteiger partial charge on any atom is 0.326 e. The smallest absolute Gasteiger partial charge is 0.326 e. The van der Waals surface area contributed by atoms with Crippen molar-refractivity contribution < 1.29 is 14.3 Å². The third-order valence-electron chi connectivity index (χ3n) is 4.55. The van der Waals surface area contributed by atoms with Crippen LogP contribution >= 0.6 is 0 Å². The van der Waals surface area contributed by atoms with Gasteiger partial charge in [0.25, 0.3) is 11.5 Å². The van der Waals surface area contributed by atoms with Crippen LogP contribution in [-0.4, -0.2) is 27.5 Å². The summed E-state index contributed by atoms with van der Waals surface area (Å²) in [4.78, 5) is 41.3. The van der Waals surface area contributed by atoms with Crippen LogP contribution < -0.4 is 10.9 Å². The van der Waals surface area contributed by atoms with Crippen LogP contribution in [0.4, 0.5) is 5.69 Å². The van der Waals surface area contributed by atoms with Crippen LogP contribution in [0.15, 0.2) is 59.7 Å². The van der Waals surface area contributed by atoms with E-state index in [9.17, 15) is 14.4 Å². The van der Waals surface area contributed by atoms with E-state index >= 15 is 0 Å². The summed E-state index contributed by atoms with van der Waals surface area (Å²) in [6.45, 7) is 5.23. The van der Waals surface area contributed by atoms with Crippen LogP contribution in [-0.2, 0) is 20.9 Å². The first kappa shape index (κ1) is 20.3. The van der Waals surface area contributed by atoms with Gasteiger partial charge in [-0.25, -0.2) is 4.98 Å². The van der Waals surface area contributed by atoms with Crippen LogP contribution in [0.25, 0.3) is 10.9 Å². The van der Waals surface area contributed by atoms with E-state index in [1.165, 1.54) is 17.8 Å². The Labute approximate surface area is 168 Å². The molecule has 0 saturated carbocycles. The average Bonchev–Trinajstić information content (AvgIpc) is 2.70. The van der Waals surface area contributed by atoms with Gasteiger partial charge in [0.15, 0.2) is 6.10 Å². The highest BCUT2D eigenvalue weighted by molar-refractivity contribution is 5.95. The highest BCUT2D eigenvalue weighted by Gasteiger charge is 2.20. The molecule has 0 fully saturated rings. The highest BCUT2D eigenvalue weighted by atomic mass is 16.5. The Morgan fingerprint density at radius 1 is 1.07 bits per heavy atom. The fourth-order valence-electron chi connectivity index (χ4n) is 2.99. The van der Waals surface area contributed by atoms with Gasteiger partial charge in [0.05, 0.1) is 17.2 Å². The molecule has 7 nitrogen and oxygen atoms in total. The molecule has 0 radical (unpaired) electrons. The fourth-order valence-corrected chi connectivity index (χ4v) is 2.99. The first-order chi connectivity index (χ1) is 13.9. The molecule has 150 valence electrons. The van der Waals surface area contributed by atoms with E-state index in [1.54, 1.807) is 24.3 Å². The summed E-state index contributed by atoms with van der Waals surface area (Å²) in [5, 5.41) is 3.22. The predicted octanol–water partition coefficient (Wildman–Crippen LogP) is 3.09. The van der Waals surface area contributed by atoms with Gasteiger partial charge < -0.3 is 10.1 Å². The zero-order valence-electron chi connectivity index (χ0n) is 16.6. The monoisotopic (exact) mass is 393 g/mol. The fraction of sp³-hybridized carbons (Fsp3) is 0.273. The number of carbonyl (C=O) groups is 2. The Morgan fingerprint density at radius 3 is 2.52 bits per heavy atom. The molecule has 1 aromatic heterocycles. The molecule has 7 heteroatoms. The van der Waals surface area contributed by atoms with E-state index in [-0.39, 0.29) is 18.0 Å². The number of benzene rings is 2. The molecule has 0 unspecified atom stereocenters. The first-order valence-electron chi connectivity index (χ1n) is 9.40. The number of rotatable bonds is 6. The molecule has 29 heavy (non-hydrogen) atoms. The van der Waals surface area contributed by atoms with Gasteiger partial charge in [-0.05, 0) is 36.6 Å². The molecule has 1 N–H and O–H groups in total. The molecule has 1 heterocycles. The van der Waals surface area contributed by atoms with Gasteiger partial charge in [0.2, 0.25) is 0 Å². The molecule has 2 aromatic carbocycles. The van der Waals surface area contributed by atoms with Gasteiger partial charge in [-0.3, -0.25) is 19.0 Å². The van der Waals surface area contributed by atoms with Crippen LogP contribution in [0, 0.1) is 0 Å². The van der Waals surface area contributed by atoms with Crippen molar-refractivity contribution in [2.24, 2.45) is 0 Å². The van der Waals surface area contributed by atoms with Gasteiger partial charge in [-0.15, -0.1) is 0 Å². The van der Waals surface area contributed by atoms with E-state index in [0.29, 0.717) is 16.6 Å². The summed E-state index contributed by atoms with van der Waals surface area (Å²) in [7, 11) is 0. The van der Waals surface area contributed by atoms with E-state index in [4.69, 9.17) is 4.74 Å². The normalized spacial score (nSPS) is 12.0. The minimum atomic E-state index is -1.01. The lowest BCUT2D eigenvalue weighted by molar-refractivity contribution is -0.153. The van der Waals surface area contributed by atoms with Crippen molar-refractivity contribution in [3.8, 4) is 0 Å². The number of fused-ring (bicyclic) bond motifs is 1. The highest BCUT2D eigenvalue weighted by Crippen LogP contribution is 2.23. The Hall–Kier alpha value is -3.48. The molecule has 3 rings (SSSR count). The minimum Gasteiger partial charge on any atom is -0.451 e. The zero-order chi connectivity index (χ0) is 21.0. The number of aromatic nitrogens is 2. The number of nitrogens with zero attached hydrogens (tertiary/aromatic N) is 2. The van der Waals surface area contributed by atoms with Gasteiger partial charge >= 0.3 is 5.97 Å². The van der Waals surface area contributed by atoms with Gasteiger partial charge in [-0.1, -0.05) is 44.2 Å². The second kappa shape index (κ2) is 8.68. The second-order valence-corrected chi connectivity index (χ2v) is 7.06. The molecule has 0 spiro atoms. The third kappa shape index (κ3) is 4.68. The molecule has 0 aliphatic heterocycles. The minimum absolute atomic E-state index is 0.233. The quantitative estimate of drug-likeness (QED) is 0.650. The van der Waals surface area contributed by atoms with Gasteiger partial charge in [0, 0.05) is 5.69 Å². The number of anilines is 1. The number of carbonyl (C=O) groups excluding carboxylic acids is 2. The summed E-state index contributed by atoms with van der Waals surface area (Å²) >= 11 is 0. The average molecular weight is 393 g/mol. The SMILES string of the molecule is CC(C)c1ccccc1NC(=O)[C@@H](C)OC(=O)Cn1cnc2ccccc2c1=O. The lowest BCUT2D eigenvalue weighted by Crippen LogP contribution is -2.33. The van der Waals surface area contributed by atoms with Crippen molar-refractivity contribution in [2.45, 2.75) is 39.3 Å². The molecule has 0 saturated heterocycles. The molecule has 3 aromatic rings.